The quantitative estimate of drug-likeness (QED) is 0.801. The van der Waals surface area contributed by atoms with Crippen LogP contribution in [-0.2, 0) is 6.42 Å². The van der Waals surface area contributed by atoms with Crippen LogP contribution < -0.4 is 5.32 Å². The predicted molar refractivity (Wildman–Crippen MR) is 82.6 cm³/mol. The van der Waals surface area contributed by atoms with E-state index in [2.05, 4.69) is 34.2 Å². The van der Waals surface area contributed by atoms with Crippen molar-refractivity contribution in [3.05, 3.63) is 57.4 Å². The summed E-state index contributed by atoms with van der Waals surface area (Å²) in [5, 5.41) is 4.28. The Morgan fingerprint density at radius 1 is 1.37 bits per heavy atom. The van der Waals surface area contributed by atoms with Crippen LogP contribution in [0, 0.1) is 0 Å². The molecule has 0 amide bonds. The third-order valence-corrected chi connectivity index (χ3v) is 3.59. The van der Waals surface area contributed by atoms with Gasteiger partial charge in [-0.3, -0.25) is 0 Å². The molecule has 2 rings (SSSR count). The normalized spacial score (nSPS) is 12.6. The van der Waals surface area contributed by atoms with Crippen LogP contribution in [0.5, 0.6) is 0 Å². The molecule has 2 aromatic rings. The van der Waals surface area contributed by atoms with Crippen LogP contribution in [0.15, 0.2) is 45.5 Å². The Labute approximate surface area is 127 Å². The first-order chi connectivity index (χ1) is 9.19. The topological polar surface area (TPSA) is 25.2 Å². The van der Waals surface area contributed by atoms with Crippen LogP contribution in [0.25, 0.3) is 0 Å². The average molecular weight is 343 g/mol. The molecule has 2 nitrogen and oxygen atoms in total. The molecule has 1 unspecified atom stereocenters. The third-order valence-electron chi connectivity index (χ3n) is 2.91. The molecule has 0 bridgehead atoms. The Morgan fingerprint density at radius 2 is 2.21 bits per heavy atom. The van der Waals surface area contributed by atoms with E-state index < -0.39 is 0 Å². The van der Waals surface area contributed by atoms with Gasteiger partial charge in [-0.15, -0.1) is 0 Å². The summed E-state index contributed by atoms with van der Waals surface area (Å²) in [6.07, 6.45) is 3.62. The Morgan fingerprint density at radius 3 is 2.84 bits per heavy atom. The highest BCUT2D eigenvalue weighted by Crippen LogP contribution is 2.26. The monoisotopic (exact) mass is 341 g/mol. The number of furan rings is 1. The predicted octanol–water partition coefficient (Wildman–Crippen LogP) is 4.98. The summed E-state index contributed by atoms with van der Waals surface area (Å²) < 4.78 is 6.44. The van der Waals surface area contributed by atoms with Crippen LogP contribution in [0.4, 0.5) is 0 Å². The maximum atomic E-state index is 6.13. The summed E-state index contributed by atoms with van der Waals surface area (Å²) >= 11 is 9.62. The van der Waals surface area contributed by atoms with Crippen LogP contribution in [-0.4, -0.2) is 6.54 Å². The highest BCUT2D eigenvalue weighted by Gasteiger charge is 2.14. The minimum atomic E-state index is 0.209. The van der Waals surface area contributed by atoms with Gasteiger partial charge < -0.3 is 9.73 Å². The molecule has 102 valence electrons. The van der Waals surface area contributed by atoms with E-state index >= 15 is 0 Å². The zero-order valence-corrected chi connectivity index (χ0v) is 13.2. The van der Waals surface area contributed by atoms with Gasteiger partial charge in [-0.1, -0.05) is 34.5 Å². The van der Waals surface area contributed by atoms with Gasteiger partial charge in [-0.2, -0.15) is 0 Å². The van der Waals surface area contributed by atoms with Gasteiger partial charge in [0.05, 0.1) is 6.26 Å². The molecule has 1 aromatic heterocycles. The van der Waals surface area contributed by atoms with E-state index in [1.807, 2.05) is 24.3 Å². The smallest absolute Gasteiger partial charge is 0.105 e. The van der Waals surface area contributed by atoms with E-state index in [1.54, 1.807) is 6.26 Å². The molecule has 1 atom stereocenters. The summed E-state index contributed by atoms with van der Waals surface area (Å²) in [5.74, 6) is 0.977. The maximum Gasteiger partial charge on any atom is 0.105 e. The lowest BCUT2D eigenvalue weighted by Gasteiger charge is -2.18. The second-order valence-corrected chi connectivity index (χ2v) is 5.85. The van der Waals surface area contributed by atoms with Crippen LogP contribution in [0.1, 0.15) is 30.7 Å². The molecule has 1 N–H and O–H groups in total. The standard InChI is InChI=1S/C15H17BrClNO/c1-2-5-18-15(10-14-4-3-6-19-14)11-7-12(16)9-13(17)8-11/h3-4,6-9,15,18H,2,5,10H2,1H3. The SMILES string of the molecule is CCCNC(Cc1ccco1)c1cc(Cl)cc(Br)c1. The fraction of sp³-hybridized carbons (Fsp3) is 0.333. The molecular formula is C15H17BrClNO. The second-order valence-electron chi connectivity index (χ2n) is 4.49. The number of halogens is 2. The summed E-state index contributed by atoms with van der Waals surface area (Å²) in [7, 11) is 0. The second kappa shape index (κ2) is 7.13. The van der Waals surface area contributed by atoms with E-state index in [0.29, 0.717) is 0 Å². The first-order valence-electron chi connectivity index (χ1n) is 6.40. The number of benzene rings is 1. The first kappa shape index (κ1) is 14.6. The Balaban J connectivity index is 2.20. The molecule has 0 aliphatic heterocycles. The molecule has 1 heterocycles. The van der Waals surface area contributed by atoms with E-state index in [1.165, 1.54) is 5.56 Å². The molecular weight excluding hydrogens is 326 g/mol. The number of nitrogens with one attached hydrogen (secondary N) is 1. The molecule has 0 radical (unpaired) electrons. The van der Waals surface area contributed by atoms with Gasteiger partial charge in [0.2, 0.25) is 0 Å². The molecule has 0 aliphatic carbocycles. The van der Waals surface area contributed by atoms with Crippen molar-refractivity contribution in [3.8, 4) is 0 Å². The summed E-state index contributed by atoms with van der Waals surface area (Å²) in [5.41, 5.74) is 1.17. The molecule has 0 spiro atoms. The largest absolute Gasteiger partial charge is 0.469 e. The Kier molecular flexibility index (Phi) is 5.49. The molecule has 0 aliphatic rings. The van der Waals surface area contributed by atoms with Crippen molar-refractivity contribution >= 4 is 27.5 Å². The minimum Gasteiger partial charge on any atom is -0.469 e. The lowest BCUT2D eigenvalue weighted by Crippen LogP contribution is -2.24. The fourth-order valence-electron chi connectivity index (χ4n) is 2.03. The van der Waals surface area contributed by atoms with Gasteiger partial charge in [0.15, 0.2) is 0 Å². The number of rotatable bonds is 6. The highest BCUT2D eigenvalue weighted by atomic mass is 79.9. The van der Waals surface area contributed by atoms with Gasteiger partial charge in [0.25, 0.3) is 0 Å². The van der Waals surface area contributed by atoms with Gasteiger partial charge in [0.1, 0.15) is 5.76 Å². The van der Waals surface area contributed by atoms with Crippen molar-refractivity contribution < 1.29 is 4.42 Å². The fourth-order valence-corrected chi connectivity index (χ4v) is 2.92. The Hall–Kier alpha value is -0.770. The number of hydrogen-bond acceptors (Lipinski definition) is 2. The highest BCUT2D eigenvalue weighted by molar-refractivity contribution is 9.10. The van der Waals surface area contributed by atoms with Gasteiger partial charge in [0, 0.05) is 22.0 Å². The molecule has 0 saturated heterocycles. The lowest BCUT2D eigenvalue weighted by atomic mass is 10.0. The maximum absolute atomic E-state index is 6.13. The van der Waals surface area contributed by atoms with Gasteiger partial charge in [-0.05, 0) is 48.9 Å². The van der Waals surface area contributed by atoms with Gasteiger partial charge >= 0.3 is 0 Å². The average Bonchev–Trinajstić information content (AvgIpc) is 2.86. The van der Waals surface area contributed by atoms with Crippen LogP contribution >= 0.6 is 27.5 Å². The summed E-state index contributed by atoms with van der Waals surface area (Å²) in [6.45, 7) is 3.13. The summed E-state index contributed by atoms with van der Waals surface area (Å²) in [6, 6.07) is 10.1. The van der Waals surface area contributed by atoms with Gasteiger partial charge in [-0.25, -0.2) is 0 Å². The molecule has 0 fully saturated rings. The van der Waals surface area contributed by atoms with Crippen molar-refractivity contribution in [1.29, 1.82) is 0 Å². The van der Waals surface area contributed by atoms with Crippen LogP contribution in [0.3, 0.4) is 0 Å². The van der Waals surface area contributed by atoms with E-state index in [-0.39, 0.29) is 6.04 Å². The molecule has 4 heteroatoms. The molecule has 0 saturated carbocycles. The minimum absolute atomic E-state index is 0.209. The zero-order valence-electron chi connectivity index (χ0n) is 10.8. The molecule has 19 heavy (non-hydrogen) atoms. The van der Waals surface area contributed by atoms with E-state index in [9.17, 15) is 0 Å². The van der Waals surface area contributed by atoms with Crippen molar-refractivity contribution in [2.24, 2.45) is 0 Å². The lowest BCUT2D eigenvalue weighted by molar-refractivity contribution is 0.449. The van der Waals surface area contributed by atoms with E-state index in [0.717, 1.165) is 34.6 Å². The zero-order chi connectivity index (χ0) is 13.7. The summed E-state index contributed by atoms with van der Waals surface area (Å²) in [4.78, 5) is 0. The number of hydrogen-bond donors (Lipinski definition) is 1. The first-order valence-corrected chi connectivity index (χ1v) is 7.58. The van der Waals surface area contributed by atoms with Crippen molar-refractivity contribution in [2.45, 2.75) is 25.8 Å². The van der Waals surface area contributed by atoms with Crippen LogP contribution in [0.2, 0.25) is 5.02 Å². The van der Waals surface area contributed by atoms with Crippen molar-refractivity contribution in [2.75, 3.05) is 6.54 Å². The molecule has 1 aromatic carbocycles. The van der Waals surface area contributed by atoms with Crippen molar-refractivity contribution in [3.63, 3.8) is 0 Å². The Bertz CT molecular complexity index is 493. The third kappa shape index (κ3) is 4.37. The van der Waals surface area contributed by atoms with E-state index in [4.69, 9.17) is 16.0 Å². The van der Waals surface area contributed by atoms with Crippen molar-refractivity contribution in [1.82, 2.24) is 5.32 Å².